The van der Waals surface area contributed by atoms with Gasteiger partial charge in [-0.25, -0.2) is 0 Å². The van der Waals surface area contributed by atoms with Crippen LogP contribution in [-0.4, -0.2) is 66.0 Å². The highest BCUT2D eigenvalue weighted by atomic mass is 16.2. The maximum atomic E-state index is 13.2. The van der Waals surface area contributed by atoms with Gasteiger partial charge in [0, 0.05) is 69.0 Å². The Morgan fingerprint density at radius 1 is 0.778 bits per heavy atom. The summed E-state index contributed by atoms with van der Waals surface area (Å²) in [6.45, 7) is 5.69. The van der Waals surface area contributed by atoms with Gasteiger partial charge in [-0.3, -0.25) is 14.7 Å². The summed E-state index contributed by atoms with van der Waals surface area (Å²) in [4.78, 5) is 24.5. The highest BCUT2D eigenvalue weighted by Gasteiger charge is 2.26. The SMILES string of the molecule is O=C(c1ccc(-c2cccnc2)cc1)N1CCN(c2ccc3c(c2)CCN(C2CCCC2)CC3)CC1. The Morgan fingerprint density at radius 3 is 2.25 bits per heavy atom. The molecule has 0 unspecified atom stereocenters. The second-order valence-corrected chi connectivity index (χ2v) is 10.5. The molecule has 6 rings (SSSR count). The topological polar surface area (TPSA) is 39.7 Å². The first-order valence-electron chi connectivity index (χ1n) is 13.7. The van der Waals surface area contributed by atoms with E-state index in [0.717, 1.165) is 55.3 Å². The molecule has 0 atom stereocenters. The molecule has 36 heavy (non-hydrogen) atoms. The van der Waals surface area contributed by atoms with Crippen molar-refractivity contribution in [3.63, 3.8) is 0 Å². The Morgan fingerprint density at radius 2 is 1.53 bits per heavy atom. The van der Waals surface area contributed by atoms with Crippen molar-refractivity contribution in [1.29, 1.82) is 0 Å². The number of rotatable bonds is 4. The summed E-state index contributed by atoms with van der Waals surface area (Å²) in [5, 5.41) is 0. The second kappa shape index (κ2) is 10.4. The van der Waals surface area contributed by atoms with Crippen LogP contribution in [0.25, 0.3) is 11.1 Å². The van der Waals surface area contributed by atoms with Gasteiger partial charge < -0.3 is 9.80 Å². The largest absolute Gasteiger partial charge is 0.368 e. The maximum absolute atomic E-state index is 13.2. The van der Waals surface area contributed by atoms with Crippen molar-refractivity contribution in [1.82, 2.24) is 14.8 Å². The molecule has 186 valence electrons. The van der Waals surface area contributed by atoms with Gasteiger partial charge in [0.1, 0.15) is 0 Å². The quantitative estimate of drug-likeness (QED) is 0.524. The molecule has 1 amide bonds. The van der Waals surface area contributed by atoms with E-state index in [4.69, 9.17) is 0 Å². The fraction of sp³-hybridized carbons (Fsp3) is 0.419. The van der Waals surface area contributed by atoms with E-state index in [1.54, 1.807) is 6.20 Å². The Bertz CT molecular complexity index is 1180. The zero-order chi connectivity index (χ0) is 24.3. The number of hydrogen-bond donors (Lipinski definition) is 0. The highest BCUT2D eigenvalue weighted by Crippen LogP contribution is 2.28. The lowest BCUT2D eigenvalue weighted by Crippen LogP contribution is -2.48. The zero-order valence-electron chi connectivity index (χ0n) is 21.1. The molecule has 2 fully saturated rings. The first kappa shape index (κ1) is 23.2. The van der Waals surface area contributed by atoms with Gasteiger partial charge in [0.2, 0.25) is 0 Å². The van der Waals surface area contributed by atoms with Crippen molar-refractivity contribution in [2.45, 2.75) is 44.6 Å². The van der Waals surface area contributed by atoms with Crippen LogP contribution in [0.2, 0.25) is 0 Å². The van der Waals surface area contributed by atoms with Crippen LogP contribution >= 0.6 is 0 Å². The van der Waals surface area contributed by atoms with Crippen LogP contribution in [-0.2, 0) is 12.8 Å². The number of amides is 1. The number of carbonyl (C=O) groups excluding carboxylic acids is 1. The molecule has 3 aliphatic rings. The van der Waals surface area contributed by atoms with E-state index in [1.165, 1.54) is 62.0 Å². The molecule has 3 heterocycles. The Kier molecular flexibility index (Phi) is 6.73. The predicted molar refractivity (Wildman–Crippen MR) is 145 cm³/mol. The predicted octanol–water partition coefficient (Wildman–Crippen LogP) is 5.05. The van der Waals surface area contributed by atoms with E-state index in [9.17, 15) is 4.79 Å². The number of fused-ring (bicyclic) bond motifs is 1. The summed E-state index contributed by atoms with van der Waals surface area (Å²) >= 11 is 0. The molecule has 0 radical (unpaired) electrons. The Balaban J connectivity index is 1.06. The lowest BCUT2D eigenvalue weighted by atomic mass is 10.0. The molecular formula is C31H36N4O. The summed E-state index contributed by atoms with van der Waals surface area (Å²) in [5.74, 6) is 0.126. The molecule has 1 saturated heterocycles. The minimum atomic E-state index is 0.126. The maximum Gasteiger partial charge on any atom is 0.253 e. The van der Waals surface area contributed by atoms with E-state index in [2.05, 4.69) is 33.0 Å². The van der Waals surface area contributed by atoms with Crippen molar-refractivity contribution in [3.05, 3.63) is 83.7 Å². The van der Waals surface area contributed by atoms with Crippen LogP contribution in [0, 0.1) is 0 Å². The minimum Gasteiger partial charge on any atom is -0.368 e. The standard InChI is InChI=1S/C31H36N4O/c36-31(26-9-7-24(8-10-26)28-4-3-15-32-23-28)35-20-18-34(19-21-35)30-12-11-25-13-16-33(17-14-27(25)22-30)29-5-1-2-6-29/h3-4,7-12,15,22-23,29H,1-2,5-6,13-14,16-21H2. The minimum absolute atomic E-state index is 0.126. The third-order valence-electron chi connectivity index (χ3n) is 8.43. The van der Waals surface area contributed by atoms with Crippen LogP contribution in [0.3, 0.4) is 0 Å². The zero-order valence-corrected chi connectivity index (χ0v) is 21.1. The molecule has 2 aromatic carbocycles. The molecule has 3 aromatic rings. The molecule has 1 aromatic heterocycles. The molecular weight excluding hydrogens is 444 g/mol. The number of benzene rings is 2. The molecule has 5 nitrogen and oxygen atoms in total. The van der Waals surface area contributed by atoms with Crippen LogP contribution in [0.4, 0.5) is 5.69 Å². The van der Waals surface area contributed by atoms with Gasteiger partial charge >= 0.3 is 0 Å². The van der Waals surface area contributed by atoms with E-state index in [-0.39, 0.29) is 5.91 Å². The third-order valence-corrected chi connectivity index (χ3v) is 8.43. The molecule has 2 aliphatic heterocycles. The Labute approximate surface area is 214 Å². The highest BCUT2D eigenvalue weighted by molar-refractivity contribution is 5.95. The van der Waals surface area contributed by atoms with Crippen LogP contribution in [0.15, 0.2) is 67.0 Å². The monoisotopic (exact) mass is 480 g/mol. The molecule has 0 bridgehead atoms. The number of piperazine rings is 1. The third kappa shape index (κ3) is 4.90. The fourth-order valence-corrected chi connectivity index (χ4v) is 6.25. The average Bonchev–Trinajstić information content (AvgIpc) is 3.40. The average molecular weight is 481 g/mol. The molecule has 0 spiro atoms. The molecule has 0 N–H and O–H groups in total. The summed E-state index contributed by atoms with van der Waals surface area (Å²) in [6, 6.07) is 19.8. The van der Waals surface area contributed by atoms with Gasteiger partial charge in [-0.05, 0) is 78.3 Å². The number of pyridine rings is 1. The van der Waals surface area contributed by atoms with Crippen molar-refractivity contribution >= 4 is 11.6 Å². The number of nitrogens with zero attached hydrogens (tertiary/aromatic N) is 4. The van der Waals surface area contributed by atoms with Gasteiger partial charge in [-0.1, -0.05) is 37.1 Å². The second-order valence-electron chi connectivity index (χ2n) is 10.5. The summed E-state index contributed by atoms with van der Waals surface area (Å²) < 4.78 is 0. The van der Waals surface area contributed by atoms with Gasteiger partial charge in [0.15, 0.2) is 0 Å². The first-order valence-corrected chi connectivity index (χ1v) is 13.7. The number of hydrogen-bond acceptors (Lipinski definition) is 4. The van der Waals surface area contributed by atoms with Crippen LogP contribution < -0.4 is 4.90 Å². The van der Waals surface area contributed by atoms with Gasteiger partial charge in [-0.15, -0.1) is 0 Å². The molecule has 1 aliphatic carbocycles. The normalized spacial score (nSPS) is 19.2. The number of carbonyl (C=O) groups is 1. The van der Waals surface area contributed by atoms with Crippen molar-refractivity contribution in [2.75, 3.05) is 44.2 Å². The summed E-state index contributed by atoms with van der Waals surface area (Å²) in [6.07, 6.45) is 11.5. The van der Waals surface area contributed by atoms with E-state index in [0.29, 0.717) is 0 Å². The fourth-order valence-electron chi connectivity index (χ4n) is 6.25. The van der Waals surface area contributed by atoms with Gasteiger partial charge in [0.25, 0.3) is 5.91 Å². The smallest absolute Gasteiger partial charge is 0.253 e. The number of anilines is 1. The van der Waals surface area contributed by atoms with Crippen molar-refractivity contribution < 1.29 is 4.79 Å². The van der Waals surface area contributed by atoms with Gasteiger partial charge in [-0.2, -0.15) is 0 Å². The van der Waals surface area contributed by atoms with E-state index < -0.39 is 0 Å². The molecule has 5 heteroatoms. The summed E-state index contributed by atoms with van der Waals surface area (Å²) in [5.41, 5.74) is 7.28. The lowest BCUT2D eigenvalue weighted by molar-refractivity contribution is 0.0747. The van der Waals surface area contributed by atoms with Crippen LogP contribution in [0.5, 0.6) is 0 Å². The van der Waals surface area contributed by atoms with E-state index >= 15 is 0 Å². The van der Waals surface area contributed by atoms with Crippen molar-refractivity contribution in [3.8, 4) is 11.1 Å². The number of aromatic nitrogens is 1. The van der Waals surface area contributed by atoms with E-state index in [1.807, 2.05) is 47.5 Å². The van der Waals surface area contributed by atoms with Gasteiger partial charge in [0.05, 0.1) is 0 Å². The Hall–Kier alpha value is -3.18. The van der Waals surface area contributed by atoms with Crippen LogP contribution in [0.1, 0.15) is 47.2 Å². The lowest BCUT2D eigenvalue weighted by Gasteiger charge is -2.36. The first-order chi connectivity index (χ1) is 17.7. The molecule has 1 saturated carbocycles. The summed E-state index contributed by atoms with van der Waals surface area (Å²) in [7, 11) is 0. The van der Waals surface area contributed by atoms with Crippen molar-refractivity contribution in [2.24, 2.45) is 0 Å².